The number of benzene rings is 1. The molecule has 2 heterocycles. The van der Waals surface area contributed by atoms with Crippen LogP contribution in [0.1, 0.15) is 30.5 Å². The standard InChI is InChI=1S/C18H19N3O2/c1-12-10-15(21-20-12)17-19-16(11-23-17)13-4-6-14(7-5-13)18(22-2)8-3-9-18/h4-7,10-11H,3,8-9H2,1-2H3,(H,20,21). The number of aryl methyl sites for hydroxylation is 1. The third-order valence-corrected chi connectivity index (χ3v) is 4.69. The molecule has 2 aromatic heterocycles. The number of aromatic nitrogens is 3. The smallest absolute Gasteiger partial charge is 0.247 e. The molecule has 23 heavy (non-hydrogen) atoms. The van der Waals surface area contributed by atoms with E-state index in [4.69, 9.17) is 9.15 Å². The molecule has 0 spiro atoms. The fourth-order valence-electron chi connectivity index (χ4n) is 3.10. The van der Waals surface area contributed by atoms with Crippen molar-refractivity contribution < 1.29 is 9.15 Å². The van der Waals surface area contributed by atoms with Gasteiger partial charge in [-0.05, 0) is 37.8 Å². The van der Waals surface area contributed by atoms with E-state index in [1.54, 1.807) is 13.4 Å². The van der Waals surface area contributed by atoms with E-state index in [1.807, 2.05) is 13.0 Å². The molecule has 1 fully saturated rings. The Bertz CT molecular complexity index is 807. The Hall–Kier alpha value is -2.40. The second kappa shape index (κ2) is 5.35. The van der Waals surface area contributed by atoms with Crippen LogP contribution in [0.3, 0.4) is 0 Å². The van der Waals surface area contributed by atoms with Gasteiger partial charge in [0, 0.05) is 18.4 Å². The first-order valence-corrected chi connectivity index (χ1v) is 7.84. The van der Waals surface area contributed by atoms with Crippen LogP contribution in [-0.2, 0) is 10.3 Å². The summed E-state index contributed by atoms with van der Waals surface area (Å²) in [7, 11) is 1.79. The Morgan fingerprint density at radius 3 is 2.52 bits per heavy atom. The summed E-state index contributed by atoms with van der Waals surface area (Å²) >= 11 is 0. The van der Waals surface area contributed by atoms with Gasteiger partial charge in [-0.3, -0.25) is 5.10 Å². The van der Waals surface area contributed by atoms with Gasteiger partial charge in [-0.1, -0.05) is 24.3 Å². The number of oxazole rings is 1. The SMILES string of the molecule is COC1(c2ccc(-c3coc(-c4cc(C)[nH]n4)n3)cc2)CCC1. The topological polar surface area (TPSA) is 63.9 Å². The van der Waals surface area contributed by atoms with E-state index in [1.165, 1.54) is 12.0 Å². The summed E-state index contributed by atoms with van der Waals surface area (Å²) < 4.78 is 11.3. The van der Waals surface area contributed by atoms with Crippen LogP contribution in [0.25, 0.3) is 22.8 Å². The molecule has 1 aliphatic rings. The summed E-state index contributed by atoms with van der Waals surface area (Å²) in [5, 5.41) is 7.07. The zero-order valence-electron chi connectivity index (χ0n) is 13.3. The van der Waals surface area contributed by atoms with Crippen molar-refractivity contribution >= 4 is 0 Å². The lowest BCUT2D eigenvalue weighted by Gasteiger charge is -2.41. The lowest BCUT2D eigenvalue weighted by molar-refractivity contribution is -0.0778. The highest BCUT2D eigenvalue weighted by Gasteiger charge is 2.38. The highest BCUT2D eigenvalue weighted by molar-refractivity contribution is 5.62. The summed E-state index contributed by atoms with van der Waals surface area (Å²) in [4.78, 5) is 4.53. The number of aromatic amines is 1. The minimum Gasteiger partial charge on any atom is -0.443 e. The zero-order valence-corrected chi connectivity index (χ0v) is 13.3. The van der Waals surface area contributed by atoms with Crippen LogP contribution in [-0.4, -0.2) is 22.3 Å². The van der Waals surface area contributed by atoms with Crippen LogP contribution in [0.5, 0.6) is 0 Å². The lowest BCUT2D eigenvalue weighted by atomic mass is 9.74. The number of nitrogens with zero attached hydrogens (tertiary/aromatic N) is 2. The van der Waals surface area contributed by atoms with Gasteiger partial charge in [0.2, 0.25) is 5.89 Å². The largest absolute Gasteiger partial charge is 0.443 e. The van der Waals surface area contributed by atoms with Crippen molar-refractivity contribution in [2.75, 3.05) is 7.11 Å². The van der Waals surface area contributed by atoms with Gasteiger partial charge in [0.05, 0.1) is 5.60 Å². The van der Waals surface area contributed by atoms with Crippen molar-refractivity contribution in [3.05, 3.63) is 47.9 Å². The summed E-state index contributed by atoms with van der Waals surface area (Å²) in [5.41, 5.74) is 4.70. The van der Waals surface area contributed by atoms with Gasteiger partial charge in [0.25, 0.3) is 0 Å². The maximum absolute atomic E-state index is 5.72. The molecule has 0 aliphatic heterocycles. The molecule has 5 nitrogen and oxygen atoms in total. The van der Waals surface area contributed by atoms with Crippen LogP contribution >= 0.6 is 0 Å². The molecule has 0 radical (unpaired) electrons. The first kappa shape index (κ1) is 14.2. The fourth-order valence-corrected chi connectivity index (χ4v) is 3.10. The van der Waals surface area contributed by atoms with Gasteiger partial charge in [0.15, 0.2) is 0 Å². The van der Waals surface area contributed by atoms with Gasteiger partial charge in [-0.2, -0.15) is 5.10 Å². The second-order valence-electron chi connectivity index (χ2n) is 6.10. The molecular formula is C18H19N3O2. The normalized spacial score (nSPS) is 16.3. The van der Waals surface area contributed by atoms with E-state index < -0.39 is 0 Å². The van der Waals surface area contributed by atoms with Crippen molar-refractivity contribution in [1.82, 2.24) is 15.2 Å². The number of hydrogen-bond acceptors (Lipinski definition) is 4. The molecule has 0 unspecified atom stereocenters. The van der Waals surface area contributed by atoms with Crippen molar-refractivity contribution in [3.8, 4) is 22.8 Å². The van der Waals surface area contributed by atoms with Crippen LogP contribution in [0.15, 0.2) is 41.0 Å². The number of nitrogens with one attached hydrogen (secondary N) is 1. The molecule has 1 aromatic carbocycles. The minimum absolute atomic E-state index is 0.0832. The average molecular weight is 309 g/mol. The van der Waals surface area contributed by atoms with Crippen LogP contribution in [0, 0.1) is 6.92 Å². The monoisotopic (exact) mass is 309 g/mol. The second-order valence-corrected chi connectivity index (χ2v) is 6.10. The first-order valence-electron chi connectivity index (χ1n) is 7.84. The van der Waals surface area contributed by atoms with Crippen molar-refractivity contribution in [2.45, 2.75) is 31.8 Å². The zero-order chi connectivity index (χ0) is 15.9. The Balaban J connectivity index is 1.60. The fraction of sp³-hybridized carbons (Fsp3) is 0.333. The van der Waals surface area contributed by atoms with Crippen molar-refractivity contribution in [1.29, 1.82) is 0 Å². The molecule has 118 valence electrons. The highest BCUT2D eigenvalue weighted by atomic mass is 16.5. The molecule has 1 saturated carbocycles. The molecule has 0 saturated heterocycles. The van der Waals surface area contributed by atoms with Gasteiger partial charge in [-0.25, -0.2) is 4.98 Å². The van der Waals surface area contributed by atoms with E-state index in [2.05, 4.69) is 39.4 Å². The van der Waals surface area contributed by atoms with Crippen LogP contribution < -0.4 is 0 Å². The molecule has 0 amide bonds. The number of hydrogen-bond donors (Lipinski definition) is 1. The molecule has 0 bridgehead atoms. The Labute approximate surface area is 134 Å². The third-order valence-electron chi connectivity index (χ3n) is 4.69. The van der Waals surface area contributed by atoms with Gasteiger partial charge < -0.3 is 9.15 Å². The predicted octanol–water partition coefficient (Wildman–Crippen LogP) is 4.07. The van der Waals surface area contributed by atoms with Crippen LogP contribution in [0.4, 0.5) is 0 Å². The van der Waals surface area contributed by atoms with Gasteiger partial charge in [-0.15, -0.1) is 0 Å². The Morgan fingerprint density at radius 1 is 1.17 bits per heavy atom. The highest BCUT2D eigenvalue weighted by Crippen LogP contribution is 2.44. The minimum atomic E-state index is -0.0832. The number of methoxy groups -OCH3 is 1. The molecule has 1 aliphatic carbocycles. The molecule has 4 rings (SSSR count). The van der Waals surface area contributed by atoms with Gasteiger partial charge in [0.1, 0.15) is 17.7 Å². The van der Waals surface area contributed by atoms with E-state index in [9.17, 15) is 0 Å². The lowest BCUT2D eigenvalue weighted by Crippen LogP contribution is -2.35. The van der Waals surface area contributed by atoms with E-state index in [0.29, 0.717) is 5.89 Å². The molecule has 5 heteroatoms. The number of rotatable bonds is 4. The maximum Gasteiger partial charge on any atom is 0.247 e. The molecular weight excluding hydrogens is 290 g/mol. The van der Waals surface area contributed by atoms with Crippen molar-refractivity contribution in [2.24, 2.45) is 0 Å². The van der Waals surface area contributed by atoms with E-state index in [0.717, 1.165) is 35.5 Å². The van der Waals surface area contributed by atoms with E-state index in [-0.39, 0.29) is 5.60 Å². The van der Waals surface area contributed by atoms with Crippen LogP contribution in [0.2, 0.25) is 0 Å². The van der Waals surface area contributed by atoms with Crippen molar-refractivity contribution in [3.63, 3.8) is 0 Å². The average Bonchev–Trinajstić information content (AvgIpc) is 3.16. The first-order chi connectivity index (χ1) is 11.2. The molecule has 0 atom stereocenters. The quantitative estimate of drug-likeness (QED) is 0.789. The molecule has 1 N–H and O–H groups in total. The summed E-state index contributed by atoms with van der Waals surface area (Å²) in [6, 6.07) is 10.3. The van der Waals surface area contributed by atoms with E-state index >= 15 is 0 Å². The molecule has 3 aromatic rings. The Morgan fingerprint density at radius 2 is 1.96 bits per heavy atom. The summed E-state index contributed by atoms with van der Waals surface area (Å²) in [6.07, 6.45) is 5.08. The third kappa shape index (κ3) is 2.37. The maximum atomic E-state index is 5.72. The summed E-state index contributed by atoms with van der Waals surface area (Å²) in [5.74, 6) is 0.529. The number of H-pyrrole nitrogens is 1. The summed E-state index contributed by atoms with van der Waals surface area (Å²) in [6.45, 7) is 1.95. The number of ether oxygens (including phenoxy) is 1. The predicted molar refractivity (Wildman–Crippen MR) is 86.8 cm³/mol. The Kier molecular flexibility index (Phi) is 3.31. The van der Waals surface area contributed by atoms with Gasteiger partial charge >= 0.3 is 0 Å².